The van der Waals surface area contributed by atoms with Crippen molar-refractivity contribution in [3.8, 4) is 11.5 Å². The van der Waals surface area contributed by atoms with E-state index < -0.39 is 0 Å². The van der Waals surface area contributed by atoms with E-state index in [1.165, 1.54) is 0 Å². The highest BCUT2D eigenvalue weighted by Crippen LogP contribution is 2.25. The Morgan fingerprint density at radius 1 is 0.970 bits per heavy atom. The van der Waals surface area contributed by atoms with E-state index in [2.05, 4.69) is 10.5 Å². The predicted octanol–water partition coefficient (Wildman–Crippen LogP) is 3.68. The molecule has 0 aliphatic carbocycles. The van der Waals surface area contributed by atoms with Crippen LogP contribution >= 0.6 is 0 Å². The number of carbonyl (C=O) groups is 2. The van der Waals surface area contributed by atoms with Gasteiger partial charge in [-0.25, -0.2) is 4.79 Å². The first kappa shape index (κ1) is 22.4. The average Bonchev–Trinajstić information content (AvgIpc) is 3.16. The number of nitrogens with zero attached hydrogens (tertiary/aromatic N) is 3. The number of piperazine rings is 1. The number of benzene rings is 2. The van der Waals surface area contributed by atoms with Crippen LogP contribution in [0.2, 0.25) is 0 Å². The minimum absolute atomic E-state index is 0.0245. The van der Waals surface area contributed by atoms with Gasteiger partial charge < -0.3 is 24.4 Å². The normalized spacial score (nSPS) is 13.6. The maximum absolute atomic E-state index is 12.7. The molecule has 0 bridgehead atoms. The molecule has 2 aromatic carbocycles. The zero-order chi connectivity index (χ0) is 23.2. The van der Waals surface area contributed by atoms with Gasteiger partial charge in [0, 0.05) is 43.9 Å². The molecule has 1 aromatic heterocycles. The summed E-state index contributed by atoms with van der Waals surface area (Å²) in [5, 5.41) is 6.88. The summed E-state index contributed by atoms with van der Waals surface area (Å²) in [7, 11) is 0. The minimum atomic E-state index is -0.151. The third-order valence-electron chi connectivity index (χ3n) is 5.80. The van der Waals surface area contributed by atoms with Gasteiger partial charge in [0.15, 0.2) is 0 Å². The number of aromatic nitrogens is 1. The lowest BCUT2D eigenvalue weighted by Crippen LogP contribution is -2.53. The van der Waals surface area contributed by atoms with Crippen molar-refractivity contribution in [2.75, 3.05) is 26.2 Å². The molecule has 1 aliphatic heterocycles. The Morgan fingerprint density at radius 2 is 1.64 bits per heavy atom. The van der Waals surface area contributed by atoms with Crippen LogP contribution in [-0.4, -0.2) is 53.1 Å². The Morgan fingerprint density at radius 3 is 2.33 bits per heavy atom. The molecule has 0 unspecified atom stereocenters. The van der Waals surface area contributed by atoms with Crippen LogP contribution < -0.4 is 10.1 Å². The van der Waals surface area contributed by atoms with Crippen LogP contribution in [0.25, 0.3) is 0 Å². The van der Waals surface area contributed by atoms with Gasteiger partial charge in [-0.1, -0.05) is 41.6 Å². The zero-order valence-corrected chi connectivity index (χ0v) is 18.9. The third-order valence-corrected chi connectivity index (χ3v) is 5.80. The van der Waals surface area contributed by atoms with E-state index in [0.717, 1.165) is 22.6 Å². The van der Waals surface area contributed by atoms with Crippen molar-refractivity contribution >= 4 is 11.9 Å². The van der Waals surface area contributed by atoms with Gasteiger partial charge in [-0.2, -0.15) is 0 Å². The molecular formula is C25H28N4O4. The Hall–Kier alpha value is -3.81. The largest absolute Gasteiger partial charge is 0.457 e. The SMILES string of the molecule is Cc1noc(C)c1CC(=O)N1CCN(C(=O)NCc2ccccc2Oc2ccccc2)CC1. The molecule has 0 spiro atoms. The van der Waals surface area contributed by atoms with E-state index in [0.29, 0.717) is 44.2 Å². The maximum atomic E-state index is 12.7. The second-order valence-corrected chi connectivity index (χ2v) is 8.03. The summed E-state index contributed by atoms with van der Waals surface area (Å²) in [6.45, 7) is 5.99. The van der Waals surface area contributed by atoms with Gasteiger partial charge in [0.25, 0.3) is 0 Å². The third kappa shape index (κ3) is 5.52. The molecule has 8 nitrogen and oxygen atoms in total. The highest BCUT2D eigenvalue weighted by Gasteiger charge is 2.25. The lowest BCUT2D eigenvalue weighted by Gasteiger charge is -2.34. The first-order valence-electron chi connectivity index (χ1n) is 11.0. The number of ether oxygens (including phenoxy) is 1. The summed E-state index contributed by atoms with van der Waals surface area (Å²) in [5.74, 6) is 2.15. The fraction of sp³-hybridized carbons (Fsp3) is 0.320. The van der Waals surface area contributed by atoms with E-state index in [-0.39, 0.29) is 18.4 Å². The van der Waals surface area contributed by atoms with Gasteiger partial charge in [0.05, 0.1) is 12.1 Å². The summed E-state index contributed by atoms with van der Waals surface area (Å²) in [4.78, 5) is 28.9. The number of para-hydroxylation sites is 2. The van der Waals surface area contributed by atoms with Gasteiger partial charge in [-0.05, 0) is 32.0 Å². The van der Waals surface area contributed by atoms with Crippen LogP contribution in [0.1, 0.15) is 22.6 Å². The van der Waals surface area contributed by atoms with E-state index in [1.54, 1.807) is 9.80 Å². The molecule has 33 heavy (non-hydrogen) atoms. The van der Waals surface area contributed by atoms with Crippen LogP contribution in [0.5, 0.6) is 11.5 Å². The number of aryl methyl sites for hydroxylation is 2. The molecule has 0 saturated carbocycles. The van der Waals surface area contributed by atoms with Gasteiger partial charge in [0.2, 0.25) is 5.91 Å². The Kier molecular flexibility index (Phi) is 6.92. The van der Waals surface area contributed by atoms with Gasteiger partial charge >= 0.3 is 6.03 Å². The molecule has 0 atom stereocenters. The number of hydrogen-bond acceptors (Lipinski definition) is 5. The lowest BCUT2D eigenvalue weighted by molar-refractivity contribution is -0.131. The molecular weight excluding hydrogens is 420 g/mol. The monoisotopic (exact) mass is 448 g/mol. The summed E-state index contributed by atoms with van der Waals surface area (Å²) in [6, 6.07) is 17.0. The van der Waals surface area contributed by atoms with Gasteiger partial charge in [-0.15, -0.1) is 0 Å². The van der Waals surface area contributed by atoms with E-state index in [1.807, 2.05) is 68.4 Å². The molecule has 1 aliphatic rings. The van der Waals surface area contributed by atoms with Crippen molar-refractivity contribution in [1.82, 2.24) is 20.3 Å². The predicted molar refractivity (Wildman–Crippen MR) is 123 cm³/mol. The molecule has 4 rings (SSSR count). The summed E-state index contributed by atoms with van der Waals surface area (Å²) < 4.78 is 11.1. The highest BCUT2D eigenvalue weighted by atomic mass is 16.5. The first-order valence-corrected chi connectivity index (χ1v) is 11.0. The Bertz CT molecular complexity index is 1090. The first-order chi connectivity index (χ1) is 16.0. The maximum Gasteiger partial charge on any atom is 0.317 e. The standard InChI is InChI=1S/C25H28N4O4/c1-18-22(19(2)33-27-18)16-24(30)28-12-14-29(15-13-28)25(31)26-17-20-8-6-7-11-23(20)32-21-9-4-3-5-10-21/h3-11H,12-17H2,1-2H3,(H,26,31). The molecule has 0 radical (unpaired) electrons. The zero-order valence-electron chi connectivity index (χ0n) is 18.9. The Balaban J connectivity index is 1.27. The smallest absolute Gasteiger partial charge is 0.317 e. The average molecular weight is 449 g/mol. The highest BCUT2D eigenvalue weighted by molar-refractivity contribution is 5.80. The van der Waals surface area contributed by atoms with Crippen molar-refractivity contribution in [3.63, 3.8) is 0 Å². The molecule has 172 valence electrons. The minimum Gasteiger partial charge on any atom is -0.457 e. The van der Waals surface area contributed by atoms with Crippen LogP contribution in [0.4, 0.5) is 4.79 Å². The van der Waals surface area contributed by atoms with Gasteiger partial charge in [0.1, 0.15) is 17.3 Å². The number of rotatable bonds is 6. The second-order valence-electron chi connectivity index (χ2n) is 8.03. The molecule has 1 N–H and O–H groups in total. The number of urea groups is 1. The van der Waals surface area contributed by atoms with Crippen LogP contribution in [0.3, 0.4) is 0 Å². The fourth-order valence-electron chi connectivity index (χ4n) is 3.82. The number of amides is 3. The fourth-order valence-corrected chi connectivity index (χ4v) is 3.82. The summed E-state index contributed by atoms with van der Waals surface area (Å²) in [5.41, 5.74) is 2.48. The van der Waals surface area contributed by atoms with E-state index in [9.17, 15) is 9.59 Å². The Labute approximate surface area is 193 Å². The molecule has 1 saturated heterocycles. The van der Waals surface area contributed by atoms with E-state index in [4.69, 9.17) is 9.26 Å². The lowest BCUT2D eigenvalue weighted by atomic mass is 10.1. The van der Waals surface area contributed by atoms with Crippen LogP contribution in [0.15, 0.2) is 59.1 Å². The van der Waals surface area contributed by atoms with Crippen molar-refractivity contribution in [1.29, 1.82) is 0 Å². The summed E-state index contributed by atoms with van der Waals surface area (Å²) >= 11 is 0. The van der Waals surface area contributed by atoms with Gasteiger partial charge in [-0.3, -0.25) is 4.79 Å². The molecule has 3 aromatic rings. The molecule has 2 heterocycles. The van der Waals surface area contributed by atoms with Crippen molar-refractivity contribution < 1.29 is 18.8 Å². The van der Waals surface area contributed by atoms with E-state index >= 15 is 0 Å². The molecule has 1 fully saturated rings. The summed E-state index contributed by atoms with van der Waals surface area (Å²) in [6.07, 6.45) is 0.269. The number of nitrogens with one attached hydrogen (secondary N) is 1. The molecule has 8 heteroatoms. The number of hydrogen-bond donors (Lipinski definition) is 1. The van der Waals surface area contributed by atoms with Crippen LogP contribution in [-0.2, 0) is 17.8 Å². The molecule has 3 amide bonds. The number of carbonyl (C=O) groups excluding carboxylic acids is 2. The quantitative estimate of drug-likeness (QED) is 0.622. The van der Waals surface area contributed by atoms with Crippen molar-refractivity contribution in [3.05, 3.63) is 77.2 Å². The van der Waals surface area contributed by atoms with Crippen molar-refractivity contribution in [2.24, 2.45) is 0 Å². The topological polar surface area (TPSA) is 87.9 Å². The van der Waals surface area contributed by atoms with Crippen molar-refractivity contribution in [2.45, 2.75) is 26.8 Å². The van der Waals surface area contributed by atoms with Crippen LogP contribution in [0, 0.1) is 13.8 Å². The second kappa shape index (κ2) is 10.2.